The molecule has 0 aromatic rings. The number of carbonyl (C=O) groups is 2. The van der Waals surface area contributed by atoms with Crippen LogP contribution in [0.3, 0.4) is 0 Å². The van der Waals surface area contributed by atoms with Crippen LogP contribution in [0, 0.1) is 0 Å². The zero-order valence-electron chi connectivity index (χ0n) is 42.8. The molecule has 0 spiro atoms. The Bertz CT molecular complexity index is 1100. The van der Waals surface area contributed by atoms with E-state index in [2.05, 4.69) is 81.5 Å². The Morgan fingerprint density at radius 3 is 1.05 bits per heavy atom. The van der Waals surface area contributed by atoms with Crippen molar-refractivity contribution in [3.8, 4) is 0 Å². The normalized spacial score (nSPS) is 12.6. The number of esters is 2. The number of rotatable bonds is 51. The first kappa shape index (κ1) is 61.6. The summed E-state index contributed by atoms with van der Waals surface area (Å²) in [7, 11) is 0. The van der Waals surface area contributed by atoms with Gasteiger partial charge in [-0.2, -0.15) is 0 Å². The standard InChI is InChI=1S/C59H106O5/c1-4-7-10-13-16-19-22-25-28-30-32-35-38-41-44-47-50-53-59(61)64-56-57(62-54-51-48-45-42-39-36-33-29-26-23-20-17-14-11-8-5-2)55-63-58(60)52-49-46-43-40-37-34-31-27-24-21-18-15-12-9-6-3/h16,19,21,24-25,28,32,35,41,44,57H,4-15,17-18,20,22-23,26-27,29-31,33-34,36-40,42-43,45-56H2,1-3H3/b19-16-,24-21-,28-25-,35-32-,44-41-/t57-/m0/s1. The average molecular weight is 895 g/mol. The van der Waals surface area contributed by atoms with Gasteiger partial charge in [-0.1, -0.05) is 242 Å². The van der Waals surface area contributed by atoms with Crippen molar-refractivity contribution >= 4 is 11.9 Å². The topological polar surface area (TPSA) is 61.8 Å². The maximum atomic E-state index is 12.6. The molecule has 0 saturated carbocycles. The number of carbonyl (C=O) groups excluding carboxylic acids is 2. The summed E-state index contributed by atoms with van der Waals surface area (Å²) in [5, 5.41) is 0. The molecule has 0 amide bonds. The molecule has 1 atom stereocenters. The molecule has 0 aliphatic heterocycles. The molecule has 0 fully saturated rings. The van der Waals surface area contributed by atoms with Crippen LogP contribution in [0.15, 0.2) is 60.8 Å². The van der Waals surface area contributed by atoms with Crippen LogP contribution in [0.1, 0.15) is 278 Å². The highest BCUT2D eigenvalue weighted by Gasteiger charge is 2.16. The van der Waals surface area contributed by atoms with Crippen LogP contribution in [0.5, 0.6) is 0 Å². The van der Waals surface area contributed by atoms with E-state index in [0.717, 1.165) is 57.8 Å². The first-order valence-corrected chi connectivity index (χ1v) is 27.8. The van der Waals surface area contributed by atoms with Gasteiger partial charge in [0, 0.05) is 19.4 Å². The molecular formula is C59H106O5. The lowest BCUT2D eigenvalue weighted by Gasteiger charge is -2.18. The zero-order chi connectivity index (χ0) is 46.3. The Labute approximate surface area is 398 Å². The van der Waals surface area contributed by atoms with Gasteiger partial charge >= 0.3 is 11.9 Å². The molecule has 0 N–H and O–H groups in total. The largest absolute Gasteiger partial charge is 0.463 e. The molecule has 0 radical (unpaired) electrons. The third-order valence-corrected chi connectivity index (χ3v) is 12.1. The van der Waals surface area contributed by atoms with Crippen LogP contribution in [-0.4, -0.2) is 37.9 Å². The first-order valence-electron chi connectivity index (χ1n) is 27.8. The second-order valence-electron chi connectivity index (χ2n) is 18.5. The van der Waals surface area contributed by atoms with Crippen LogP contribution < -0.4 is 0 Å². The molecule has 5 heteroatoms. The summed E-state index contributed by atoms with van der Waals surface area (Å²) in [5.74, 6) is -0.393. The second kappa shape index (κ2) is 54.9. The van der Waals surface area contributed by atoms with Gasteiger partial charge in [-0.25, -0.2) is 0 Å². The highest BCUT2D eigenvalue weighted by molar-refractivity contribution is 5.69. The summed E-state index contributed by atoms with van der Waals surface area (Å²) in [5.41, 5.74) is 0. The molecule has 5 nitrogen and oxygen atoms in total. The lowest BCUT2D eigenvalue weighted by molar-refractivity contribution is -0.155. The van der Waals surface area contributed by atoms with E-state index < -0.39 is 6.10 Å². The van der Waals surface area contributed by atoms with E-state index in [1.54, 1.807) is 0 Å². The van der Waals surface area contributed by atoms with E-state index in [9.17, 15) is 9.59 Å². The number of allylic oxidation sites excluding steroid dienone is 10. The number of hydrogen-bond acceptors (Lipinski definition) is 5. The van der Waals surface area contributed by atoms with Crippen molar-refractivity contribution in [2.75, 3.05) is 19.8 Å². The molecule has 0 unspecified atom stereocenters. The van der Waals surface area contributed by atoms with Crippen molar-refractivity contribution < 1.29 is 23.8 Å². The van der Waals surface area contributed by atoms with E-state index in [4.69, 9.17) is 14.2 Å². The van der Waals surface area contributed by atoms with Crippen LogP contribution in [0.4, 0.5) is 0 Å². The minimum atomic E-state index is -0.423. The van der Waals surface area contributed by atoms with E-state index in [-0.39, 0.29) is 25.2 Å². The minimum absolute atomic E-state index is 0.129. The highest BCUT2D eigenvalue weighted by atomic mass is 16.6. The lowest BCUT2D eigenvalue weighted by atomic mass is 10.0. The highest BCUT2D eigenvalue weighted by Crippen LogP contribution is 2.15. The fourth-order valence-electron chi connectivity index (χ4n) is 7.83. The maximum absolute atomic E-state index is 12.6. The molecule has 64 heavy (non-hydrogen) atoms. The van der Waals surface area contributed by atoms with Crippen LogP contribution >= 0.6 is 0 Å². The van der Waals surface area contributed by atoms with Gasteiger partial charge in [0.25, 0.3) is 0 Å². The van der Waals surface area contributed by atoms with Gasteiger partial charge in [-0.3, -0.25) is 9.59 Å². The monoisotopic (exact) mass is 895 g/mol. The molecule has 0 saturated heterocycles. The molecule has 372 valence electrons. The van der Waals surface area contributed by atoms with Gasteiger partial charge in [-0.15, -0.1) is 0 Å². The van der Waals surface area contributed by atoms with Gasteiger partial charge < -0.3 is 14.2 Å². The van der Waals surface area contributed by atoms with Crippen LogP contribution in [0.2, 0.25) is 0 Å². The molecule has 0 aliphatic rings. The van der Waals surface area contributed by atoms with E-state index >= 15 is 0 Å². The van der Waals surface area contributed by atoms with Gasteiger partial charge in [-0.05, 0) is 83.5 Å². The quantitative estimate of drug-likeness (QED) is 0.0346. The van der Waals surface area contributed by atoms with E-state index in [1.807, 2.05) is 0 Å². The number of ether oxygens (including phenoxy) is 3. The van der Waals surface area contributed by atoms with Crippen LogP contribution in [-0.2, 0) is 23.8 Å². The molecule has 0 heterocycles. The van der Waals surface area contributed by atoms with Crippen molar-refractivity contribution in [3.05, 3.63) is 60.8 Å². The second-order valence-corrected chi connectivity index (χ2v) is 18.5. The third-order valence-electron chi connectivity index (χ3n) is 12.1. The molecular weight excluding hydrogens is 789 g/mol. The third kappa shape index (κ3) is 52.2. The van der Waals surface area contributed by atoms with Gasteiger partial charge in [0.1, 0.15) is 19.3 Å². The van der Waals surface area contributed by atoms with Crippen molar-refractivity contribution in [1.29, 1.82) is 0 Å². The average Bonchev–Trinajstić information content (AvgIpc) is 3.30. The summed E-state index contributed by atoms with van der Waals surface area (Å²) < 4.78 is 17.4. The smallest absolute Gasteiger partial charge is 0.305 e. The van der Waals surface area contributed by atoms with Crippen molar-refractivity contribution in [3.63, 3.8) is 0 Å². The minimum Gasteiger partial charge on any atom is -0.463 e. The SMILES string of the molecule is CCCCC/C=C\C/C=C\C/C=C\C/C=C\CCCC(=O)OC[C@H](COC(=O)CCCCCCCCC/C=C\CCCCCC)OCCCCCCCCCCCCCCCCCC. The summed E-state index contributed by atoms with van der Waals surface area (Å²) in [6.45, 7) is 7.66. The summed E-state index contributed by atoms with van der Waals surface area (Å²) >= 11 is 0. The molecule has 0 aromatic carbocycles. The number of unbranched alkanes of at least 4 members (excludes halogenated alkanes) is 30. The number of hydrogen-bond donors (Lipinski definition) is 0. The maximum Gasteiger partial charge on any atom is 0.305 e. The Morgan fingerprint density at radius 1 is 0.328 bits per heavy atom. The Kier molecular flexibility index (Phi) is 52.9. The van der Waals surface area contributed by atoms with Gasteiger partial charge in [0.05, 0.1) is 0 Å². The Hall–Kier alpha value is -2.40. The Balaban J connectivity index is 4.33. The van der Waals surface area contributed by atoms with Crippen molar-refractivity contribution in [2.24, 2.45) is 0 Å². The van der Waals surface area contributed by atoms with Gasteiger partial charge in [0.2, 0.25) is 0 Å². The van der Waals surface area contributed by atoms with Gasteiger partial charge in [0.15, 0.2) is 0 Å². The van der Waals surface area contributed by atoms with Crippen molar-refractivity contribution in [1.82, 2.24) is 0 Å². The molecule has 0 aliphatic carbocycles. The summed E-state index contributed by atoms with van der Waals surface area (Å²) in [4.78, 5) is 25.2. The Morgan fingerprint density at radius 2 is 0.609 bits per heavy atom. The first-order chi connectivity index (χ1) is 31.6. The zero-order valence-corrected chi connectivity index (χ0v) is 42.8. The predicted molar refractivity (Wildman–Crippen MR) is 279 cm³/mol. The fraction of sp³-hybridized carbons (Fsp3) is 0.797. The fourth-order valence-corrected chi connectivity index (χ4v) is 7.83. The van der Waals surface area contributed by atoms with E-state index in [0.29, 0.717) is 19.4 Å². The lowest BCUT2D eigenvalue weighted by Crippen LogP contribution is -2.29. The predicted octanol–water partition coefficient (Wildman–Crippen LogP) is 18.9. The van der Waals surface area contributed by atoms with E-state index in [1.165, 1.54) is 186 Å². The summed E-state index contributed by atoms with van der Waals surface area (Å²) in [6.07, 6.45) is 69.7. The van der Waals surface area contributed by atoms with Crippen LogP contribution in [0.25, 0.3) is 0 Å². The summed E-state index contributed by atoms with van der Waals surface area (Å²) in [6, 6.07) is 0. The molecule has 0 bridgehead atoms. The molecule has 0 rings (SSSR count). The van der Waals surface area contributed by atoms with Crippen molar-refractivity contribution in [2.45, 2.75) is 284 Å². The molecule has 0 aromatic heterocycles.